The van der Waals surface area contributed by atoms with Crippen LogP contribution in [0.5, 0.6) is 0 Å². The molecule has 1 aliphatic carbocycles. The Labute approximate surface area is 104 Å². The maximum Gasteiger partial charge on any atom is 0.195 e. The molecule has 1 heterocycles. The van der Waals surface area contributed by atoms with E-state index >= 15 is 0 Å². The molecular weight excluding hydrogens is 222 g/mol. The van der Waals surface area contributed by atoms with Crippen LogP contribution in [0.15, 0.2) is 54.7 Å². The molecule has 0 saturated heterocycles. The van der Waals surface area contributed by atoms with Gasteiger partial charge in [0.25, 0.3) is 0 Å². The van der Waals surface area contributed by atoms with E-state index in [2.05, 4.69) is 4.98 Å². The third-order valence-corrected chi connectivity index (χ3v) is 3.46. The van der Waals surface area contributed by atoms with Crippen LogP contribution in [0.4, 0.5) is 0 Å². The van der Waals surface area contributed by atoms with Crippen molar-refractivity contribution in [1.82, 2.24) is 4.98 Å². The molecule has 0 N–H and O–H groups in total. The Morgan fingerprint density at radius 2 is 1.50 bits per heavy atom. The summed E-state index contributed by atoms with van der Waals surface area (Å²) >= 11 is 0. The topological polar surface area (TPSA) is 30.0 Å². The lowest BCUT2D eigenvalue weighted by Gasteiger charge is -2.03. The van der Waals surface area contributed by atoms with Crippen LogP contribution in [-0.2, 0) is 0 Å². The zero-order valence-electron chi connectivity index (χ0n) is 9.55. The van der Waals surface area contributed by atoms with E-state index in [0.29, 0.717) is 0 Å². The number of para-hydroxylation sites is 1. The van der Waals surface area contributed by atoms with Gasteiger partial charge in [-0.2, -0.15) is 0 Å². The summed E-state index contributed by atoms with van der Waals surface area (Å²) in [6.45, 7) is 0. The molecule has 3 aromatic rings. The van der Waals surface area contributed by atoms with E-state index in [4.69, 9.17) is 0 Å². The molecule has 1 aliphatic rings. The Balaban J connectivity index is 2.18. The highest BCUT2D eigenvalue weighted by atomic mass is 16.1. The van der Waals surface area contributed by atoms with Gasteiger partial charge in [0.15, 0.2) is 5.78 Å². The van der Waals surface area contributed by atoms with Crippen molar-refractivity contribution in [2.24, 2.45) is 0 Å². The van der Waals surface area contributed by atoms with E-state index in [-0.39, 0.29) is 5.78 Å². The molecule has 0 unspecified atom stereocenters. The number of benzene rings is 2. The van der Waals surface area contributed by atoms with Crippen molar-refractivity contribution in [3.8, 4) is 11.1 Å². The van der Waals surface area contributed by atoms with Gasteiger partial charge in [0.2, 0.25) is 0 Å². The van der Waals surface area contributed by atoms with Gasteiger partial charge in [-0.25, -0.2) is 0 Å². The van der Waals surface area contributed by atoms with Crippen molar-refractivity contribution in [3.63, 3.8) is 0 Å². The first-order valence-corrected chi connectivity index (χ1v) is 5.88. The van der Waals surface area contributed by atoms with E-state index < -0.39 is 0 Å². The van der Waals surface area contributed by atoms with Crippen LogP contribution in [0.2, 0.25) is 0 Å². The number of aromatic nitrogens is 1. The highest BCUT2D eigenvalue weighted by molar-refractivity contribution is 6.26. The molecule has 4 rings (SSSR count). The predicted octanol–water partition coefficient (Wildman–Crippen LogP) is 3.45. The molecule has 0 spiro atoms. The van der Waals surface area contributed by atoms with Gasteiger partial charge in [-0.3, -0.25) is 9.78 Å². The Bertz CT molecular complexity index is 805. The van der Waals surface area contributed by atoms with E-state index in [0.717, 1.165) is 33.2 Å². The average Bonchev–Trinajstić information content (AvgIpc) is 2.73. The van der Waals surface area contributed by atoms with Gasteiger partial charge in [-0.1, -0.05) is 42.5 Å². The number of carbonyl (C=O) groups excluding carboxylic acids is 1. The smallest absolute Gasteiger partial charge is 0.195 e. The van der Waals surface area contributed by atoms with Gasteiger partial charge in [0.1, 0.15) is 0 Å². The summed E-state index contributed by atoms with van der Waals surface area (Å²) in [5.41, 5.74) is 4.40. The number of carbonyl (C=O) groups is 1. The molecule has 2 aromatic carbocycles. The number of pyridine rings is 1. The normalized spacial score (nSPS) is 12.6. The van der Waals surface area contributed by atoms with E-state index in [1.54, 1.807) is 6.20 Å². The number of fused-ring (bicyclic) bond motifs is 5. The van der Waals surface area contributed by atoms with Crippen LogP contribution in [-0.4, -0.2) is 10.8 Å². The van der Waals surface area contributed by atoms with Crippen molar-refractivity contribution < 1.29 is 4.79 Å². The fraction of sp³-hybridized carbons (Fsp3) is 0. The van der Waals surface area contributed by atoms with Gasteiger partial charge in [0, 0.05) is 28.3 Å². The lowest BCUT2D eigenvalue weighted by atomic mass is 10.0. The highest BCUT2D eigenvalue weighted by Crippen LogP contribution is 2.38. The minimum absolute atomic E-state index is 0.110. The summed E-state index contributed by atoms with van der Waals surface area (Å²) in [5, 5.41) is 0.941. The zero-order valence-corrected chi connectivity index (χ0v) is 9.55. The summed E-state index contributed by atoms with van der Waals surface area (Å²) in [6.07, 6.45) is 1.81. The molecule has 84 valence electrons. The number of rotatable bonds is 0. The quantitative estimate of drug-likeness (QED) is 0.464. The maximum atomic E-state index is 12.5. The third-order valence-electron chi connectivity index (χ3n) is 3.46. The SMILES string of the molecule is O=C1c2ccccc2-c2cnc3ccccc3c21. The van der Waals surface area contributed by atoms with Crippen LogP contribution in [0, 0.1) is 0 Å². The van der Waals surface area contributed by atoms with Gasteiger partial charge in [-0.05, 0) is 11.6 Å². The van der Waals surface area contributed by atoms with Gasteiger partial charge >= 0.3 is 0 Å². The monoisotopic (exact) mass is 231 g/mol. The Hall–Kier alpha value is -2.48. The minimum atomic E-state index is 0.110. The summed E-state index contributed by atoms with van der Waals surface area (Å²) in [4.78, 5) is 16.9. The summed E-state index contributed by atoms with van der Waals surface area (Å²) in [5.74, 6) is 0.110. The van der Waals surface area contributed by atoms with E-state index in [1.165, 1.54) is 0 Å². The van der Waals surface area contributed by atoms with E-state index in [9.17, 15) is 4.79 Å². The Morgan fingerprint density at radius 3 is 2.39 bits per heavy atom. The van der Waals surface area contributed by atoms with Crippen molar-refractivity contribution in [1.29, 1.82) is 0 Å². The van der Waals surface area contributed by atoms with Crippen molar-refractivity contribution in [3.05, 3.63) is 65.9 Å². The van der Waals surface area contributed by atoms with Crippen LogP contribution in [0.1, 0.15) is 15.9 Å². The molecule has 0 amide bonds. The standard InChI is InChI=1S/C16H9NO/c18-16-11-6-2-1-5-10(11)13-9-17-14-8-4-3-7-12(14)15(13)16/h1-9H. The summed E-state index contributed by atoms with van der Waals surface area (Å²) in [7, 11) is 0. The largest absolute Gasteiger partial charge is 0.289 e. The van der Waals surface area contributed by atoms with Crippen LogP contribution < -0.4 is 0 Å². The molecule has 0 aliphatic heterocycles. The van der Waals surface area contributed by atoms with Gasteiger partial charge in [0.05, 0.1) is 5.52 Å². The molecule has 2 heteroatoms. The first-order chi connectivity index (χ1) is 8.86. The van der Waals surface area contributed by atoms with Crippen molar-refractivity contribution >= 4 is 16.7 Å². The molecular formula is C16H9NO. The average molecular weight is 231 g/mol. The molecule has 1 aromatic heterocycles. The first-order valence-electron chi connectivity index (χ1n) is 5.88. The zero-order chi connectivity index (χ0) is 12.1. The molecule has 0 radical (unpaired) electrons. The number of hydrogen-bond donors (Lipinski definition) is 0. The number of nitrogens with zero attached hydrogens (tertiary/aromatic N) is 1. The summed E-state index contributed by atoms with van der Waals surface area (Å²) in [6, 6.07) is 15.5. The molecule has 0 fully saturated rings. The predicted molar refractivity (Wildman–Crippen MR) is 70.6 cm³/mol. The van der Waals surface area contributed by atoms with Crippen LogP contribution in [0.25, 0.3) is 22.0 Å². The molecule has 0 bridgehead atoms. The first kappa shape index (κ1) is 9.54. The maximum absolute atomic E-state index is 12.5. The van der Waals surface area contributed by atoms with Crippen molar-refractivity contribution in [2.45, 2.75) is 0 Å². The van der Waals surface area contributed by atoms with Crippen LogP contribution in [0.3, 0.4) is 0 Å². The van der Waals surface area contributed by atoms with Crippen molar-refractivity contribution in [2.75, 3.05) is 0 Å². The lowest BCUT2D eigenvalue weighted by molar-refractivity contribution is 0.104. The Kier molecular flexibility index (Phi) is 1.73. The number of ketones is 1. The third kappa shape index (κ3) is 1.07. The second-order valence-corrected chi connectivity index (χ2v) is 4.44. The van der Waals surface area contributed by atoms with E-state index in [1.807, 2.05) is 48.5 Å². The molecule has 0 saturated carbocycles. The second kappa shape index (κ2) is 3.26. The molecule has 2 nitrogen and oxygen atoms in total. The Morgan fingerprint density at radius 1 is 0.778 bits per heavy atom. The fourth-order valence-electron chi connectivity index (χ4n) is 2.64. The second-order valence-electron chi connectivity index (χ2n) is 4.44. The minimum Gasteiger partial charge on any atom is -0.289 e. The van der Waals surface area contributed by atoms with Crippen LogP contribution >= 0.6 is 0 Å². The van der Waals surface area contributed by atoms with Gasteiger partial charge in [-0.15, -0.1) is 0 Å². The molecule has 18 heavy (non-hydrogen) atoms. The number of hydrogen-bond acceptors (Lipinski definition) is 2. The van der Waals surface area contributed by atoms with Gasteiger partial charge < -0.3 is 0 Å². The fourth-order valence-corrected chi connectivity index (χ4v) is 2.64. The lowest BCUT2D eigenvalue weighted by Crippen LogP contribution is -1.96. The highest BCUT2D eigenvalue weighted by Gasteiger charge is 2.28. The summed E-state index contributed by atoms with van der Waals surface area (Å²) < 4.78 is 0. The molecule has 0 atom stereocenters.